The molecule has 0 unspecified atom stereocenters. The highest BCUT2D eigenvalue weighted by Crippen LogP contribution is 2.23. The SMILES string of the molecule is O=C=Nc1c[nH]c2ccncc12. The number of rotatable bonds is 1. The quantitative estimate of drug-likeness (QED) is 0.506. The number of hydrogen-bond donors (Lipinski definition) is 1. The molecule has 0 radical (unpaired) electrons. The number of H-pyrrole nitrogens is 1. The van der Waals surface area contributed by atoms with Gasteiger partial charge in [0.15, 0.2) is 0 Å². The molecule has 2 heterocycles. The van der Waals surface area contributed by atoms with Crippen molar-refractivity contribution in [3.63, 3.8) is 0 Å². The van der Waals surface area contributed by atoms with Gasteiger partial charge < -0.3 is 4.98 Å². The van der Waals surface area contributed by atoms with E-state index in [2.05, 4.69) is 15.0 Å². The van der Waals surface area contributed by atoms with Crippen LogP contribution in [0.1, 0.15) is 0 Å². The van der Waals surface area contributed by atoms with E-state index in [1.54, 1.807) is 18.6 Å². The molecule has 0 bridgehead atoms. The van der Waals surface area contributed by atoms with Gasteiger partial charge in [0.25, 0.3) is 0 Å². The lowest BCUT2D eigenvalue weighted by atomic mass is 10.3. The summed E-state index contributed by atoms with van der Waals surface area (Å²) in [4.78, 5) is 20.4. The van der Waals surface area contributed by atoms with Crippen LogP contribution in [0.4, 0.5) is 5.69 Å². The van der Waals surface area contributed by atoms with Crippen LogP contribution in [0.25, 0.3) is 10.9 Å². The van der Waals surface area contributed by atoms with Crippen LogP contribution in [0.5, 0.6) is 0 Å². The first kappa shape index (κ1) is 6.76. The molecule has 0 amide bonds. The topological polar surface area (TPSA) is 58.1 Å². The van der Waals surface area contributed by atoms with Crippen LogP contribution in [-0.2, 0) is 4.79 Å². The summed E-state index contributed by atoms with van der Waals surface area (Å²) in [5, 5.41) is 0.834. The maximum absolute atomic E-state index is 9.99. The van der Waals surface area contributed by atoms with E-state index in [0.29, 0.717) is 5.69 Å². The van der Waals surface area contributed by atoms with E-state index in [1.807, 2.05) is 6.07 Å². The molecule has 4 nitrogen and oxygen atoms in total. The lowest BCUT2D eigenvalue weighted by Crippen LogP contribution is -1.69. The smallest absolute Gasteiger partial charge is 0.240 e. The van der Waals surface area contributed by atoms with Crippen LogP contribution in [0.2, 0.25) is 0 Å². The van der Waals surface area contributed by atoms with E-state index >= 15 is 0 Å². The highest BCUT2D eigenvalue weighted by Gasteiger charge is 1.99. The zero-order valence-electron chi connectivity index (χ0n) is 6.11. The summed E-state index contributed by atoms with van der Waals surface area (Å²) in [5.41, 5.74) is 1.49. The number of isocyanates is 1. The average Bonchev–Trinajstić information content (AvgIpc) is 2.50. The lowest BCUT2D eigenvalue weighted by Gasteiger charge is -1.86. The van der Waals surface area contributed by atoms with Crippen molar-refractivity contribution < 1.29 is 4.79 Å². The van der Waals surface area contributed by atoms with E-state index in [9.17, 15) is 4.79 Å². The second kappa shape index (κ2) is 2.60. The van der Waals surface area contributed by atoms with Crippen LogP contribution in [0, 0.1) is 0 Å². The van der Waals surface area contributed by atoms with Gasteiger partial charge in [0.1, 0.15) is 5.69 Å². The van der Waals surface area contributed by atoms with Gasteiger partial charge in [-0.1, -0.05) is 0 Å². The Morgan fingerprint density at radius 3 is 3.33 bits per heavy atom. The molecule has 0 spiro atoms. The van der Waals surface area contributed by atoms with Crippen molar-refractivity contribution in [3.05, 3.63) is 24.7 Å². The number of fused-ring (bicyclic) bond motifs is 1. The third-order valence-electron chi connectivity index (χ3n) is 1.63. The van der Waals surface area contributed by atoms with Gasteiger partial charge in [0, 0.05) is 24.0 Å². The molecule has 0 aromatic carbocycles. The van der Waals surface area contributed by atoms with Gasteiger partial charge in [0.2, 0.25) is 6.08 Å². The number of aromatic amines is 1. The number of aromatic nitrogens is 2. The molecule has 2 aromatic rings. The lowest BCUT2D eigenvalue weighted by molar-refractivity contribution is 0.565. The Balaban J connectivity index is 2.78. The molecular formula is C8H5N3O. The van der Waals surface area contributed by atoms with Crippen LogP contribution in [0.3, 0.4) is 0 Å². The number of carbonyl (C=O) groups excluding carboxylic acids is 1. The maximum Gasteiger partial charge on any atom is 0.240 e. The fourth-order valence-corrected chi connectivity index (χ4v) is 1.09. The van der Waals surface area contributed by atoms with Crippen molar-refractivity contribution in [2.45, 2.75) is 0 Å². The van der Waals surface area contributed by atoms with E-state index < -0.39 is 0 Å². The first-order valence-corrected chi connectivity index (χ1v) is 3.41. The van der Waals surface area contributed by atoms with Gasteiger partial charge >= 0.3 is 0 Å². The highest BCUT2D eigenvalue weighted by molar-refractivity contribution is 5.90. The second-order valence-corrected chi connectivity index (χ2v) is 2.30. The Bertz CT molecular complexity index is 454. The van der Waals surface area contributed by atoms with E-state index in [1.165, 1.54) is 6.08 Å². The van der Waals surface area contributed by atoms with Crippen molar-refractivity contribution >= 4 is 22.7 Å². The predicted octanol–water partition coefficient (Wildman–Crippen LogP) is 1.53. The zero-order chi connectivity index (χ0) is 8.39. The monoisotopic (exact) mass is 159 g/mol. The fourth-order valence-electron chi connectivity index (χ4n) is 1.09. The third kappa shape index (κ3) is 0.909. The largest absolute Gasteiger partial charge is 0.359 e. The molecule has 1 N–H and O–H groups in total. The number of pyridine rings is 1. The van der Waals surface area contributed by atoms with Crippen molar-refractivity contribution in [1.29, 1.82) is 0 Å². The Morgan fingerprint density at radius 2 is 2.50 bits per heavy atom. The molecule has 0 fully saturated rings. The first-order valence-electron chi connectivity index (χ1n) is 3.41. The molecule has 0 saturated carbocycles. The number of aliphatic imine (C=N–C) groups is 1. The van der Waals surface area contributed by atoms with Crippen molar-refractivity contribution in [2.24, 2.45) is 4.99 Å². The minimum absolute atomic E-state index is 0.577. The van der Waals surface area contributed by atoms with Crippen molar-refractivity contribution in [2.75, 3.05) is 0 Å². The zero-order valence-corrected chi connectivity index (χ0v) is 6.11. The predicted molar refractivity (Wildman–Crippen MR) is 43.9 cm³/mol. The average molecular weight is 159 g/mol. The molecule has 0 aliphatic heterocycles. The molecule has 2 aromatic heterocycles. The van der Waals surface area contributed by atoms with Gasteiger partial charge in [-0.3, -0.25) is 4.98 Å². The highest BCUT2D eigenvalue weighted by atomic mass is 16.1. The van der Waals surface area contributed by atoms with E-state index in [4.69, 9.17) is 0 Å². The first-order chi connectivity index (χ1) is 5.92. The van der Waals surface area contributed by atoms with Crippen molar-refractivity contribution in [1.82, 2.24) is 9.97 Å². The van der Waals surface area contributed by atoms with E-state index in [0.717, 1.165) is 10.9 Å². The molecule has 0 aliphatic rings. The molecular weight excluding hydrogens is 154 g/mol. The standard InChI is InChI=1S/C8H5N3O/c12-5-11-8-4-10-7-1-2-9-3-6(7)8/h1-4,10H. The Labute approximate surface area is 68.0 Å². The van der Waals surface area contributed by atoms with E-state index in [-0.39, 0.29) is 0 Å². The minimum Gasteiger partial charge on any atom is -0.359 e. The van der Waals surface area contributed by atoms with Crippen LogP contribution < -0.4 is 0 Å². The van der Waals surface area contributed by atoms with Gasteiger partial charge in [-0.05, 0) is 6.07 Å². The molecule has 58 valence electrons. The van der Waals surface area contributed by atoms with Crippen LogP contribution >= 0.6 is 0 Å². The summed E-state index contributed by atoms with van der Waals surface area (Å²) in [6, 6.07) is 1.82. The van der Waals surface area contributed by atoms with Crippen LogP contribution in [0.15, 0.2) is 29.6 Å². The Morgan fingerprint density at radius 1 is 1.58 bits per heavy atom. The van der Waals surface area contributed by atoms with Gasteiger partial charge in [0.05, 0.1) is 5.52 Å². The third-order valence-corrected chi connectivity index (χ3v) is 1.63. The summed E-state index contributed by atoms with van der Waals surface area (Å²) in [6.07, 6.45) is 6.47. The molecule has 0 saturated heterocycles. The van der Waals surface area contributed by atoms with Gasteiger partial charge in [-0.2, -0.15) is 4.99 Å². The minimum atomic E-state index is 0.577. The summed E-state index contributed by atoms with van der Waals surface area (Å²) < 4.78 is 0. The maximum atomic E-state index is 9.99. The van der Waals surface area contributed by atoms with Gasteiger partial charge in [-0.25, -0.2) is 4.79 Å². The molecule has 4 heteroatoms. The molecule has 0 atom stereocenters. The number of hydrogen-bond acceptors (Lipinski definition) is 3. The summed E-state index contributed by atoms with van der Waals surface area (Å²) in [6.45, 7) is 0. The summed E-state index contributed by atoms with van der Waals surface area (Å²) >= 11 is 0. The second-order valence-electron chi connectivity index (χ2n) is 2.30. The summed E-state index contributed by atoms with van der Waals surface area (Å²) in [7, 11) is 0. The normalized spacial score (nSPS) is 9.67. The van der Waals surface area contributed by atoms with Crippen molar-refractivity contribution in [3.8, 4) is 0 Å². The molecule has 2 rings (SSSR count). The summed E-state index contributed by atoms with van der Waals surface area (Å²) in [5.74, 6) is 0. The number of nitrogens with one attached hydrogen (secondary N) is 1. The Hall–Kier alpha value is -1.93. The fraction of sp³-hybridized carbons (Fsp3) is 0. The number of nitrogens with zero attached hydrogens (tertiary/aromatic N) is 2. The van der Waals surface area contributed by atoms with Gasteiger partial charge in [-0.15, -0.1) is 0 Å². The molecule has 0 aliphatic carbocycles. The molecule has 12 heavy (non-hydrogen) atoms. The van der Waals surface area contributed by atoms with Crippen LogP contribution in [-0.4, -0.2) is 16.0 Å². The Kier molecular flexibility index (Phi) is 1.47.